The van der Waals surface area contributed by atoms with Gasteiger partial charge in [0.25, 0.3) is 0 Å². The highest BCUT2D eigenvalue weighted by atomic mass is 16.5. The number of oxazole rings is 1. The zero-order chi connectivity index (χ0) is 22.4. The molecule has 0 aliphatic rings. The molecule has 8 heteroatoms. The minimum Gasteiger partial charge on any atom is -0.487 e. The van der Waals surface area contributed by atoms with Crippen molar-refractivity contribution in [2.75, 3.05) is 13.7 Å². The summed E-state index contributed by atoms with van der Waals surface area (Å²) in [6.07, 6.45) is 0.834. The molecule has 0 saturated carbocycles. The van der Waals surface area contributed by atoms with Gasteiger partial charge in [0.2, 0.25) is 5.89 Å². The molecule has 3 aromatic rings. The van der Waals surface area contributed by atoms with Crippen molar-refractivity contribution < 1.29 is 28.6 Å². The predicted molar refractivity (Wildman–Crippen MR) is 113 cm³/mol. The number of ether oxygens (including phenoxy) is 2. The first-order chi connectivity index (χ1) is 14.9. The Bertz CT molecular complexity index is 1040. The van der Waals surface area contributed by atoms with Gasteiger partial charge in [0.1, 0.15) is 30.9 Å². The number of nitrogens with zero attached hydrogens (tertiary/aromatic N) is 2. The Morgan fingerprint density at radius 1 is 1.19 bits per heavy atom. The smallest absolute Gasteiger partial charge is 0.410 e. The molecule has 1 heterocycles. The van der Waals surface area contributed by atoms with Crippen LogP contribution >= 0.6 is 0 Å². The van der Waals surface area contributed by atoms with Crippen LogP contribution in [0.1, 0.15) is 29.8 Å². The van der Waals surface area contributed by atoms with Crippen LogP contribution in [-0.4, -0.2) is 40.7 Å². The van der Waals surface area contributed by atoms with Gasteiger partial charge >= 0.3 is 12.1 Å². The summed E-state index contributed by atoms with van der Waals surface area (Å²) < 4.78 is 16.1. The highest BCUT2D eigenvalue weighted by Crippen LogP contribution is 2.25. The molecule has 1 aromatic heterocycles. The number of hydrogen-bond acceptors (Lipinski definition) is 6. The number of amides is 1. The van der Waals surface area contributed by atoms with Crippen LogP contribution in [0.15, 0.2) is 59.2 Å². The van der Waals surface area contributed by atoms with Crippen molar-refractivity contribution in [1.82, 2.24) is 9.88 Å². The Morgan fingerprint density at radius 3 is 2.61 bits per heavy atom. The molecule has 0 fully saturated rings. The van der Waals surface area contributed by atoms with Crippen molar-refractivity contribution >= 4 is 12.1 Å². The van der Waals surface area contributed by atoms with Gasteiger partial charge in [0.15, 0.2) is 0 Å². The largest absolute Gasteiger partial charge is 0.487 e. The molecule has 0 saturated heterocycles. The maximum Gasteiger partial charge on any atom is 0.410 e. The number of aromatic nitrogens is 1. The lowest BCUT2D eigenvalue weighted by atomic mass is 10.1. The van der Waals surface area contributed by atoms with Crippen LogP contribution in [0.4, 0.5) is 4.79 Å². The number of carbonyl (C=O) groups excluding carboxylic acids is 1. The maximum atomic E-state index is 12.0. The molecule has 1 amide bonds. The fraction of sp³-hybridized carbons (Fsp3) is 0.261. The fourth-order valence-corrected chi connectivity index (χ4v) is 3.03. The van der Waals surface area contributed by atoms with Crippen molar-refractivity contribution in [1.29, 1.82) is 0 Å². The molecule has 0 bridgehead atoms. The monoisotopic (exact) mass is 424 g/mol. The number of aryl methyl sites for hydroxylation is 1. The van der Waals surface area contributed by atoms with Gasteiger partial charge in [-0.1, -0.05) is 29.8 Å². The second kappa shape index (κ2) is 9.80. The van der Waals surface area contributed by atoms with Crippen molar-refractivity contribution in [2.45, 2.75) is 26.5 Å². The minimum absolute atomic E-state index is 0.197. The number of benzene rings is 2. The average molecular weight is 424 g/mol. The van der Waals surface area contributed by atoms with Crippen LogP contribution < -0.4 is 4.74 Å². The first-order valence-electron chi connectivity index (χ1n) is 9.68. The molecule has 0 spiro atoms. The van der Waals surface area contributed by atoms with E-state index in [0.717, 1.165) is 16.0 Å². The van der Waals surface area contributed by atoms with E-state index in [1.54, 1.807) is 37.5 Å². The van der Waals surface area contributed by atoms with Crippen molar-refractivity contribution in [3.05, 3.63) is 71.6 Å². The lowest BCUT2D eigenvalue weighted by molar-refractivity contribution is -0.138. The van der Waals surface area contributed by atoms with Gasteiger partial charge in [0, 0.05) is 5.56 Å². The Balaban J connectivity index is 1.68. The number of carboxylic acids is 1. The zero-order valence-corrected chi connectivity index (χ0v) is 17.6. The van der Waals surface area contributed by atoms with E-state index in [-0.39, 0.29) is 6.61 Å². The molecule has 0 unspecified atom stereocenters. The van der Waals surface area contributed by atoms with E-state index < -0.39 is 24.6 Å². The van der Waals surface area contributed by atoms with E-state index >= 15 is 0 Å². The highest BCUT2D eigenvalue weighted by Gasteiger charge is 2.24. The minimum atomic E-state index is -1.12. The van der Waals surface area contributed by atoms with Gasteiger partial charge in [-0.25, -0.2) is 9.78 Å². The Labute approximate surface area is 180 Å². The average Bonchev–Trinajstić information content (AvgIpc) is 3.24. The highest BCUT2D eigenvalue weighted by molar-refractivity contribution is 5.77. The fourth-order valence-electron chi connectivity index (χ4n) is 3.03. The van der Waals surface area contributed by atoms with Gasteiger partial charge in [-0.05, 0) is 43.7 Å². The van der Waals surface area contributed by atoms with E-state index in [1.807, 2.05) is 31.2 Å². The normalized spacial score (nSPS) is 11.6. The van der Waals surface area contributed by atoms with Crippen LogP contribution in [0.3, 0.4) is 0 Å². The van der Waals surface area contributed by atoms with Crippen molar-refractivity contribution in [3.8, 4) is 17.2 Å². The molecule has 3 rings (SSSR count). The molecule has 1 N–H and O–H groups in total. The summed E-state index contributed by atoms with van der Waals surface area (Å²) in [6.45, 7) is 3.47. The number of rotatable bonds is 8. The summed E-state index contributed by atoms with van der Waals surface area (Å²) in [5.41, 5.74) is 3.39. The van der Waals surface area contributed by atoms with E-state index in [1.165, 1.54) is 7.11 Å². The van der Waals surface area contributed by atoms with Crippen LogP contribution in [0.5, 0.6) is 5.75 Å². The molecule has 1 atom stereocenters. The predicted octanol–water partition coefficient (Wildman–Crippen LogP) is 4.44. The van der Waals surface area contributed by atoms with Crippen LogP contribution in [0.2, 0.25) is 0 Å². The third-order valence-electron chi connectivity index (χ3n) is 4.76. The number of methoxy groups -OCH3 is 1. The molecule has 0 aliphatic heterocycles. The summed E-state index contributed by atoms with van der Waals surface area (Å²) in [4.78, 5) is 28.7. The summed E-state index contributed by atoms with van der Waals surface area (Å²) >= 11 is 0. The maximum absolute atomic E-state index is 12.0. The number of carboxylic acid groups (broad SMARTS) is 1. The van der Waals surface area contributed by atoms with Crippen LogP contribution in [-0.2, 0) is 16.1 Å². The van der Waals surface area contributed by atoms with E-state index in [0.29, 0.717) is 22.9 Å². The third-order valence-corrected chi connectivity index (χ3v) is 4.76. The lowest BCUT2D eigenvalue weighted by Crippen LogP contribution is -2.37. The van der Waals surface area contributed by atoms with Crippen LogP contribution in [0, 0.1) is 6.92 Å². The van der Waals surface area contributed by atoms with Gasteiger partial charge in [0.05, 0.1) is 13.2 Å². The van der Waals surface area contributed by atoms with Gasteiger partial charge < -0.3 is 19.0 Å². The molecule has 31 heavy (non-hydrogen) atoms. The Kier molecular flexibility index (Phi) is 6.92. The second-order valence-electron chi connectivity index (χ2n) is 7.04. The summed E-state index contributed by atoms with van der Waals surface area (Å²) in [5.74, 6) is -0.0483. The van der Waals surface area contributed by atoms with Gasteiger partial charge in [-0.15, -0.1) is 0 Å². The van der Waals surface area contributed by atoms with E-state index in [9.17, 15) is 9.59 Å². The zero-order valence-electron chi connectivity index (χ0n) is 17.6. The first-order valence-corrected chi connectivity index (χ1v) is 9.68. The first kappa shape index (κ1) is 21.9. The van der Waals surface area contributed by atoms with Crippen LogP contribution in [0.25, 0.3) is 11.5 Å². The molecule has 2 aromatic carbocycles. The lowest BCUT2D eigenvalue weighted by Gasteiger charge is -2.26. The van der Waals surface area contributed by atoms with Crippen molar-refractivity contribution in [2.24, 2.45) is 0 Å². The molecular weight excluding hydrogens is 400 g/mol. The standard InChI is InChI=1S/C23H24N2O6/c1-15-7-9-17(10-8-15)22-24-19(14-31-22)13-30-20-6-4-5-18(11-20)16(2)25(12-21(26)27)23(28)29-3/h4-11,14,16H,12-13H2,1-3H3,(H,26,27)/t16-/m0/s1. The number of hydrogen-bond donors (Lipinski definition) is 1. The number of aliphatic carboxylic acids is 1. The Morgan fingerprint density at radius 2 is 1.94 bits per heavy atom. The molecule has 0 radical (unpaired) electrons. The van der Waals surface area contributed by atoms with Gasteiger partial charge in [-0.3, -0.25) is 9.69 Å². The second-order valence-corrected chi connectivity index (χ2v) is 7.04. The summed E-state index contributed by atoms with van der Waals surface area (Å²) in [5, 5.41) is 9.10. The number of carbonyl (C=O) groups is 2. The molecule has 0 aliphatic carbocycles. The summed E-state index contributed by atoms with van der Waals surface area (Å²) in [6, 6.07) is 14.4. The van der Waals surface area contributed by atoms with Gasteiger partial charge in [-0.2, -0.15) is 0 Å². The molecule has 162 valence electrons. The third kappa shape index (κ3) is 5.63. The van der Waals surface area contributed by atoms with E-state index in [4.69, 9.17) is 19.0 Å². The Hall–Kier alpha value is -3.81. The van der Waals surface area contributed by atoms with Crippen molar-refractivity contribution in [3.63, 3.8) is 0 Å². The molecule has 8 nitrogen and oxygen atoms in total. The SMILES string of the molecule is COC(=O)N(CC(=O)O)[C@@H](C)c1cccc(OCc2coc(-c3ccc(C)cc3)n2)c1. The quantitative estimate of drug-likeness (QED) is 0.570. The summed E-state index contributed by atoms with van der Waals surface area (Å²) in [7, 11) is 1.21. The topological polar surface area (TPSA) is 102 Å². The van der Waals surface area contributed by atoms with E-state index in [2.05, 4.69) is 4.98 Å². The molecular formula is C23H24N2O6.